The van der Waals surface area contributed by atoms with E-state index in [1.807, 2.05) is 52.0 Å². The van der Waals surface area contributed by atoms with Crippen LogP contribution in [0.15, 0.2) is 149 Å². The number of hydrogen-bond donors (Lipinski definition) is 0. The van der Waals surface area contributed by atoms with E-state index in [0.29, 0.717) is 13.2 Å². The van der Waals surface area contributed by atoms with Gasteiger partial charge in [-0.05, 0) is 6.92 Å². The van der Waals surface area contributed by atoms with Gasteiger partial charge in [-0.3, -0.25) is 0 Å². The zero-order valence-electron chi connectivity index (χ0n) is 26.8. The first-order valence-corrected chi connectivity index (χ1v) is 21.6. The molecule has 0 aliphatic carbocycles. The van der Waals surface area contributed by atoms with Gasteiger partial charge < -0.3 is 0 Å². The fourth-order valence-corrected chi connectivity index (χ4v) is 16.1. The van der Waals surface area contributed by atoms with Crippen molar-refractivity contribution >= 4 is 88.1 Å². The molecule has 4 heterocycles. The third kappa shape index (κ3) is 6.43. The Hall–Kier alpha value is -3.21. The topological polar surface area (TPSA) is 9.23 Å². The number of fused-ring (bicyclic) bond motifs is 3. The number of ether oxygens (including phenoxy) is 1. The van der Waals surface area contributed by atoms with Crippen LogP contribution >= 0.6 is 41.3 Å². The van der Waals surface area contributed by atoms with Crippen LogP contribution in [0, 0.1) is 4.37 Å². The summed E-state index contributed by atoms with van der Waals surface area (Å²) in [5.41, 5.74) is 3.73. The van der Waals surface area contributed by atoms with E-state index in [4.69, 9.17) is 4.74 Å². The minimum absolute atomic E-state index is 0.621. The summed E-state index contributed by atoms with van der Waals surface area (Å²) in [7, 11) is -2.37. The Morgan fingerprint density at radius 3 is 1.77 bits per heavy atom. The van der Waals surface area contributed by atoms with Crippen LogP contribution in [-0.2, 0) is 22.7 Å². The van der Waals surface area contributed by atoms with Gasteiger partial charge in [0.2, 0.25) is 0 Å². The molecule has 1 saturated heterocycles. The monoisotopic (exact) mass is 874 g/mol. The molecule has 0 bridgehead atoms. The number of rotatable bonds is 9. The molecule has 0 unspecified atom stereocenters. The van der Waals surface area contributed by atoms with E-state index in [9.17, 15) is 0 Å². The second-order valence-electron chi connectivity index (χ2n) is 11.5. The van der Waals surface area contributed by atoms with Gasteiger partial charge in [0.15, 0.2) is 0 Å². The van der Waals surface area contributed by atoms with Crippen molar-refractivity contribution in [1.82, 2.24) is 0 Å². The number of hydrogen-bond acceptors (Lipinski definition) is 4. The summed E-state index contributed by atoms with van der Waals surface area (Å²) in [4.78, 5) is 2.59. The Balaban J connectivity index is 1.49. The van der Waals surface area contributed by atoms with Gasteiger partial charge in [-0.1, -0.05) is 6.08 Å². The van der Waals surface area contributed by atoms with Crippen LogP contribution in [0.2, 0.25) is 0 Å². The average Bonchev–Trinajstić information content (AvgIpc) is 3.90. The summed E-state index contributed by atoms with van der Waals surface area (Å²) in [6.45, 7) is 5.57. The van der Waals surface area contributed by atoms with Crippen LogP contribution in [0.25, 0.3) is 31.0 Å². The summed E-state index contributed by atoms with van der Waals surface area (Å²) in [5, 5.41) is 5.20. The van der Waals surface area contributed by atoms with Gasteiger partial charge in [-0.15, -0.1) is 0 Å². The van der Waals surface area contributed by atoms with Gasteiger partial charge in [-0.25, -0.2) is 0 Å². The average molecular weight is 873 g/mol. The number of thiophene rings is 3. The SMILES string of the molecule is C/C=C/c1cc2sc3cc(/C=C/C(C=C4COCC4=CCC)=C([C]#[Os])[P+](c4ccccc4)(c4ccccc4)c4ccccc4)sc3c2s1. The van der Waals surface area contributed by atoms with Gasteiger partial charge in [0.1, 0.15) is 0 Å². The number of benzene rings is 3. The molecule has 6 aromatic rings. The fraction of sp³-hybridized carbons (Fsp3) is 0.119. The van der Waals surface area contributed by atoms with Gasteiger partial charge in [-0.2, -0.15) is 0 Å². The normalized spacial score (nSPS) is 16.2. The third-order valence-corrected chi connectivity index (χ3v) is 17.6. The molecule has 239 valence electrons. The van der Waals surface area contributed by atoms with E-state index >= 15 is 0 Å². The van der Waals surface area contributed by atoms with Crippen LogP contribution in [0.4, 0.5) is 0 Å². The van der Waals surface area contributed by atoms with E-state index < -0.39 is 7.26 Å². The quantitative estimate of drug-likeness (QED) is 0.104. The van der Waals surface area contributed by atoms with Crippen molar-refractivity contribution < 1.29 is 22.7 Å². The summed E-state index contributed by atoms with van der Waals surface area (Å²) in [5.74, 6) is 0. The van der Waals surface area contributed by atoms with E-state index in [1.54, 1.807) is 0 Å². The predicted molar refractivity (Wildman–Crippen MR) is 212 cm³/mol. The Labute approximate surface area is 305 Å². The first kappa shape index (κ1) is 33.3. The molecule has 1 aliphatic heterocycles. The fourth-order valence-electron chi connectivity index (χ4n) is 6.38. The van der Waals surface area contributed by atoms with Crippen molar-refractivity contribution in [3.63, 3.8) is 0 Å². The van der Waals surface area contributed by atoms with Crippen molar-refractivity contribution in [2.45, 2.75) is 20.3 Å². The van der Waals surface area contributed by atoms with Crippen molar-refractivity contribution in [2.75, 3.05) is 13.2 Å². The van der Waals surface area contributed by atoms with Crippen LogP contribution in [-0.4, -0.2) is 13.2 Å². The van der Waals surface area contributed by atoms with E-state index in [2.05, 4.69) is 158 Å². The molecule has 0 amide bonds. The Morgan fingerprint density at radius 1 is 0.750 bits per heavy atom. The maximum atomic E-state index is 6.04. The standard InChI is InChI=1S/C42H35OPS3.Os/c1-4-15-32-28-43-29-33(32)25-31(23-24-38-27-40-42(46-38)41-39(47-40)26-37(45-41)16-5-2)30(3)44(34-17-9-6-10-18-34,35-19-11-7-12-20-35)36-21-13-8-14-22-36;/h5-27H,4,28-29H2,1-2H3;/q+1;/b16-5+,24-23+,31-30?,32-15?,33-25?;. The van der Waals surface area contributed by atoms with Gasteiger partial charge in [0, 0.05) is 0 Å². The van der Waals surface area contributed by atoms with Crippen molar-refractivity contribution in [3.8, 4) is 4.37 Å². The molecular formula is C42H35OOsPS3+. The summed E-state index contributed by atoms with van der Waals surface area (Å²) in [6.07, 6.45) is 14.7. The van der Waals surface area contributed by atoms with E-state index in [0.717, 1.165) is 6.42 Å². The van der Waals surface area contributed by atoms with Crippen molar-refractivity contribution in [2.24, 2.45) is 0 Å². The molecule has 3 aromatic heterocycles. The first-order chi connectivity index (χ1) is 23.6. The second kappa shape index (κ2) is 15.1. The molecule has 0 radical (unpaired) electrons. The molecule has 0 spiro atoms. The molecule has 0 saturated carbocycles. The zero-order chi connectivity index (χ0) is 32.9. The van der Waals surface area contributed by atoms with Crippen LogP contribution < -0.4 is 15.9 Å². The molecule has 0 atom stereocenters. The molecular weight excluding hydrogens is 838 g/mol. The predicted octanol–water partition coefficient (Wildman–Crippen LogP) is 11.3. The molecule has 6 heteroatoms. The van der Waals surface area contributed by atoms with Crippen molar-refractivity contribution in [1.29, 1.82) is 0 Å². The van der Waals surface area contributed by atoms with Gasteiger partial charge in [0.25, 0.3) is 0 Å². The van der Waals surface area contributed by atoms with E-state index in [-0.39, 0.29) is 0 Å². The summed E-state index contributed by atoms with van der Waals surface area (Å²) < 4.78 is 15.4. The molecule has 0 N–H and O–H groups in total. The molecule has 1 aliphatic rings. The van der Waals surface area contributed by atoms with Crippen LogP contribution in [0.3, 0.4) is 0 Å². The van der Waals surface area contributed by atoms with Gasteiger partial charge >= 0.3 is 295 Å². The molecule has 3 aromatic carbocycles. The molecule has 1 fully saturated rings. The molecule has 48 heavy (non-hydrogen) atoms. The summed E-state index contributed by atoms with van der Waals surface area (Å²) >= 11 is 7.52. The second-order valence-corrected chi connectivity index (χ2v) is 18.7. The minimum atomic E-state index is -2.37. The van der Waals surface area contributed by atoms with Crippen molar-refractivity contribution in [3.05, 3.63) is 159 Å². The number of allylic oxidation sites excluding steroid dienone is 6. The Kier molecular flexibility index (Phi) is 10.5. The molecule has 1 nitrogen and oxygen atoms in total. The van der Waals surface area contributed by atoms with E-state index in [1.165, 1.54) is 66.5 Å². The zero-order valence-corrected chi connectivity index (χ0v) is 32.7. The molecule has 7 rings (SSSR count). The Bertz CT molecular complexity index is 2160. The van der Waals surface area contributed by atoms with Crippen LogP contribution in [0.5, 0.6) is 0 Å². The maximum absolute atomic E-state index is 6.04. The third-order valence-electron chi connectivity index (χ3n) is 8.45. The van der Waals surface area contributed by atoms with Crippen LogP contribution in [0.1, 0.15) is 30.0 Å². The summed E-state index contributed by atoms with van der Waals surface area (Å²) in [6, 6.07) is 38.0. The Morgan fingerprint density at radius 2 is 1.27 bits per heavy atom. The first-order valence-electron chi connectivity index (χ1n) is 16.1. The van der Waals surface area contributed by atoms with Gasteiger partial charge in [0.05, 0.1) is 0 Å².